The van der Waals surface area contributed by atoms with Crippen LogP contribution in [0, 0.1) is 33.6 Å². The van der Waals surface area contributed by atoms with Crippen molar-refractivity contribution in [1.82, 2.24) is 9.62 Å². The standard InChI is InChI=1S/C19H28N2O5S/c1-12-10-13(2)15(4)18(14(12)3)27(24,25)21-8-6-16(7-9-21)19(23)26-11-17(22)20-5/h10,16H,6-9,11H2,1-5H3,(H,20,22). The quantitative estimate of drug-likeness (QED) is 0.764. The maximum absolute atomic E-state index is 13.2. The molecule has 1 aromatic rings. The first-order chi connectivity index (χ1) is 12.6. The number of carbonyl (C=O) groups is 2. The van der Waals surface area contributed by atoms with Gasteiger partial charge in [-0.05, 0) is 62.8 Å². The summed E-state index contributed by atoms with van der Waals surface area (Å²) in [7, 11) is -2.16. The molecule has 7 nitrogen and oxygen atoms in total. The molecule has 0 aromatic heterocycles. The second kappa shape index (κ2) is 8.39. The molecule has 0 atom stereocenters. The molecule has 150 valence electrons. The monoisotopic (exact) mass is 396 g/mol. The van der Waals surface area contributed by atoms with Gasteiger partial charge in [0.1, 0.15) is 0 Å². The summed E-state index contributed by atoms with van der Waals surface area (Å²) in [4.78, 5) is 23.6. The predicted octanol–water partition coefficient (Wildman–Crippen LogP) is 1.61. The van der Waals surface area contributed by atoms with Crippen molar-refractivity contribution in [1.29, 1.82) is 0 Å². The van der Waals surface area contributed by atoms with Gasteiger partial charge in [0, 0.05) is 20.1 Å². The van der Waals surface area contributed by atoms with Crippen LogP contribution in [0.4, 0.5) is 0 Å². The predicted molar refractivity (Wildman–Crippen MR) is 102 cm³/mol. The lowest BCUT2D eigenvalue weighted by molar-refractivity contribution is -0.153. The van der Waals surface area contributed by atoms with Crippen LogP contribution in [0.25, 0.3) is 0 Å². The van der Waals surface area contributed by atoms with Gasteiger partial charge >= 0.3 is 5.97 Å². The minimum Gasteiger partial charge on any atom is -0.455 e. The van der Waals surface area contributed by atoms with Crippen molar-refractivity contribution in [3.8, 4) is 0 Å². The van der Waals surface area contributed by atoms with Crippen LogP contribution >= 0.6 is 0 Å². The van der Waals surface area contributed by atoms with E-state index < -0.39 is 16.0 Å². The van der Waals surface area contributed by atoms with E-state index >= 15 is 0 Å². The van der Waals surface area contributed by atoms with Crippen LogP contribution in [0.1, 0.15) is 35.1 Å². The van der Waals surface area contributed by atoms with Gasteiger partial charge < -0.3 is 10.1 Å². The number of hydrogen-bond acceptors (Lipinski definition) is 5. The second-order valence-electron chi connectivity index (χ2n) is 7.05. The molecule has 1 aliphatic rings. The Labute approximate surface area is 161 Å². The molecule has 1 fully saturated rings. The normalized spacial score (nSPS) is 16.2. The Balaban J connectivity index is 2.12. The van der Waals surface area contributed by atoms with Crippen molar-refractivity contribution >= 4 is 21.9 Å². The first-order valence-corrected chi connectivity index (χ1v) is 10.5. The molecule has 0 radical (unpaired) electrons. The molecule has 2 rings (SSSR count). The zero-order valence-electron chi connectivity index (χ0n) is 16.6. The molecule has 1 saturated heterocycles. The number of nitrogens with zero attached hydrogens (tertiary/aromatic N) is 1. The molecule has 0 bridgehead atoms. The zero-order valence-corrected chi connectivity index (χ0v) is 17.4. The van der Waals surface area contributed by atoms with Crippen LogP contribution in [0.3, 0.4) is 0 Å². The fourth-order valence-electron chi connectivity index (χ4n) is 3.36. The Morgan fingerprint density at radius 1 is 1.11 bits per heavy atom. The topological polar surface area (TPSA) is 92.8 Å². The smallest absolute Gasteiger partial charge is 0.309 e. The molecule has 1 heterocycles. The van der Waals surface area contributed by atoms with E-state index in [1.165, 1.54) is 11.4 Å². The summed E-state index contributed by atoms with van der Waals surface area (Å²) in [6.45, 7) is 7.69. The zero-order chi connectivity index (χ0) is 20.4. The summed E-state index contributed by atoms with van der Waals surface area (Å²) in [5, 5.41) is 2.38. The fourth-order valence-corrected chi connectivity index (χ4v) is 5.40. The maximum Gasteiger partial charge on any atom is 0.309 e. The van der Waals surface area contributed by atoms with E-state index in [-0.39, 0.29) is 31.5 Å². The number of aryl methyl sites for hydroxylation is 2. The highest BCUT2D eigenvalue weighted by atomic mass is 32.2. The first-order valence-electron chi connectivity index (χ1n) is 9.04. The number of hydrogen-bond donors (Lipinski definition) is 1. The van der Waals surface area contributed by atoms with Crippen molar-refractivity contribution < 1.29 is 22.7 Å². The SMILES string of the molecule is CNC(=O)COC(=O)C1CCN(S(=O)(=O)c2c(C)c(C)cc(C)c2C)CC1. The third kappa shape index (κ3) is 4.50. The maximum atomic E-state index is 13.2. The summed E-state index contributed by atoms with van der Waals surface area (Å²) in [5.74, 6) is -1.21. The van der Waals surface area contributed by atoms with Crippen molar-refractivity contribution in [2.24, 2.45) is 5.92 Å². The largest absolute Gasteiger partial charge is 0.455 e. The molecular weight excluding hydrogens is 368 g/mol. The molecule has 0 aliphatic carbocycles. The number of carbonyl (C=O) groups excluding carboxylic acids is 2. The lowest BCUT2D eigenvalue weighted by atomic mass is 9.98. The molecule has 0 saturated carbocycles. The van der Waals surface area contributed by atoms with Gasteiger partial charge in [-0.1, -0.05) is 6.07 Å². The van der Waals surface area contributed by atoms with Crippen molar-refractivity contribution in [2.45, 2.75) is 45.4 Å². The van der Waals surface area contributed by atoms with E-state index in [4.69, 9.17) is 4.74 Å². The van der Waals surface area contributed by atoms with Crippen LogP contribution in [0.2, 0.25) is 0 Å². The molecule has 1 N–H and O–H groups in total. The van der Waals surface area contributed by atoms with Gasteiger partial charge in [-0.3, -0.25) is 9.59 Å². The average Bonchev–Trinajstić information content (AvgIpc) is 2.64. The molecule has 0 unspecified atom stereocenters. The van der Waals surface area contributed by atoms with Gasteiger partial charge in [-0.25, -0.2) is 8.42 Å². The molecule has 0 spiro atoms. The van der Waals surface area contributed by atoms with Crippen molar-refractivity contribution in [3.05, 3.63) is 28.3 Å². The van der Waals surface area contributed by atoms with Crippen LogP contribution in [-0.2, 0) is 24.3 Å². The summed E-state index contributed by atoms with van der Waals surface area (Å²) < 4.78 is 32.9. The molecule has 27 heavy (non-hydrogen) atoms. The number of rotatable bonds is 5. The third-order valence-corrected chi connectivity index (χ3v) is 7.48. The highest BCUT2D eigenvalue weighted by Crippen LogP contribution is 2.31. The number of nitrogens with one attached hydrogen (secondary N) is 1. The molecule has 8 heteroatoms. The second-order valence-corrected chi connectivity index (χ2v) is 8.92. The highest BCUT2D eigenvalue weighted by Gasteiger charge is 2.34. The summed E-state index contributed by atoms with van der Waals surface area (Å²) in [5.41, 5.74) is 3.43. The lowest BCUT2D eigenvalue weighted by Crippen LogP contribution is -2.41. The molecule has 1 aliphatic heterocycles. The number of piperidine rings is 1. The fraction of sp³-hybridized carbons (Fsp3) is 0.579. The Morgan fingerprint density at radius 3 is 2.11 bits per heavy atom. The van der Waals surface area contributed by atoms with Gasteiger partial charge in [0.05, 0.1) is 10.8 Å². The van der Waals surface area contributed by atoms with E-state index in [0.29, 0.717) is 17.7 Å². The van der Waals surface area contributed by atoms with E-state index in [1.807, 2.05) is 33.8 Å². The van der Waals surface area contributed by atoms with Gasteiger partial charge in [-0.15, -0.1) is 0 Å². The number of esters is 1. The average molecular weight is 397 g/mol. The van der Waals surface area contributed by atoms with E-state index in [9.17, 15) is 18.0 Å². The van der Waals surface area contributed by atoms with Gasteiger partial charge in [0.15, 0.2) is 6.61 Å². The van der Waals surface area contributed by atoms with E-state index in [0.717, 1.165) is 22.3 Å². The molecule has 1 amide bonds. The molecular formula is C19H28N2O5S. The summed E-state index contributed by atoms with van der Waals surface area (Å²) >= 11 is 0. The summed E-state index contributed by atoms with van der Waals surface area (Å²) in [6, 6.07) is 2.00. The van der Waals surface area contributed by atoms with Gasteiger partial charge in [0.2, 0.25) is 10.0 Å². The number of amides is 1. The van der Waals surface area contributed by atoms with Crippen LogP contribution in [0.15, 0.2) is 11.0 Å². The first kappa shape index (κ1) is 21.4. The van der Waals surface area contributed by atoms with E-state index in [1.54, 1.807) is 0 Å². The lowest BCUT2D eigenvalue weighted by Gasteiger charge is -2.31. The number of benzene rings is 1. The minimum atomic E-state index is -3.63. The molecule has 1 aromatic carbocycles. The Morgan fingerprint density at radius 2 is 1.63 bits per heavy atom. The number of ether oxygens (including phenoxy) is 1. The minimum absolute atomic E-state index is 0.258. The van der Waals surface area contributed by atoms with E-state index in [2.05, 4.69) is 5.32 Å². The Kier molecular flexibility index (Phi) is 6.64. The van der Waals surface area contributed by atoms with Crippen LogP contribution in [0.5, 0.6) is 0 Å². The third-order valence-electron chi connectivity index (χ3n) is 5.31. The summed E-state index contributed by atoms with van der Waals surface area (Å²) in [6.07, 6.45) is 0.767. The Hall–Kier alpha value is -1.93. The van der Waals surface area contributed by atoms with Crippen molar-refractivity contribution in [2.75, 3.05) is 26.7 Å². The highest BCUT2D eigenvalue weighted by molar-refractivity contribution is 7.89. The van der Waals surface area contributed by atoms with Crippen molar-refractivity contribution in [3.63, 3.8) is 0 Å². The van der Waals surface area contributed by atoms with Crippen LogP contribution < -0.4 is 5.32 Å². The number of sulfonamides is 1. The van der Waals surface area contributed by atoms with Crippen LogP contribution in [-0.4, -0.2) is 51.3 Å². The number of likely N-dealkylation sites (N-methyl/N-ethyl adjacent to an activating group) is 1. The Bertz CT molecular complexity index is 814. The van der Waals surface area contributed by atoms with Gasteiger partial charge in [0.25, 0.3) is 5.91 Å². The van der Waals surface area contributed by atoms with Gasteiger partial charge in [-0.2, -0.15) is 4.31 Å².